The summed E-state index contributed by atoms with van der Waals surface area (Å²) in [5.74, 6) is 0.263. The molecule has 0 aliphatic heterocycles. The van der Waals surface area contributed by atoms with Gasteiger partial charge in [0.25, 0.3) is 0 Å². The normalized spacial score (nSPS) is 15.4. The maximum Gasteiger partial charge on any atom is 0.115 e. The van der Waals surface area contributed by atoms with Crippen LogP contribution in [0.5, 0.6) is 5.75 Å². The first-order chi connectivity index (χ1) is 10.1. The van der Waals surface area contributed by atoms with Gasteiger partial charge in [-0.2, -0.15) is 0 Å². The van der Waals surface area contributed by atoms with Gasteiger partial charge in [0.1, 0.15) is 5.75 Å². The third-order valence-electron chi connectivity index (χ3n) is 3.75. The molecule has 0 bridgehead atoms. The predicted molar refractivity (Wildman–Crippen MR) is 85.3 cm³/mol. The lowest BCUT2D eigenvalue weighted by Crippen LogP contribution is -2.39. The van der Waals surface area contributed by atoms with Gasteiger partial charge < -0.3 is 15.5 Å². The summed E-state index contributed by atoms with van der Waals surface area (Å²) in [4.78, 5) is 0. The van der Waals surface area contributed by atoms with Crippen LogP contribution in [0.2, 0.25) is 0 Å². The van der Waals surface area contributed by atoms with E-state index >= 15 is 0 Å². The molecule has 3 atom stereocenters. The third-order valence-corrected chi connectivity index (χ3v) is 3.75. The molecule has 2 aromatic rings. The molecule has 112 valence electrons. The summed E-state index contributed by atoms with van der Waals surface area (Å²) >= 11 is 0. The number of phenols is 1. The van der Waals surface area contributed by atoms with E-state index in [-0.39, 0.29) is 17.8 Å². The van der Waals surface area contributed by atoms with Crippen molar-refractivity contribution in [2.24, 2.45) is 0 Å². The van der Waals surface area contributed by atoms with Crippen LogP contribution < -0.4 is 5.32 Å². The molecule has 0 saturated carbocycles. The monoisotopic (exact) mass is 285 g/mol. The van der Waals surface area contributed by atoms with Crippen molar-refractivity contribution >= 4 is 0 Å². The minimum atomic E-state index is -0.452. The largest absolute Gasteiger partial charge is 0.508 e. The van der Waals surface area contributed by atoms with Gasteiger partial charge in [0.2, 0.25) is 0 Å². The number of nitrogens with one attached hydrogen (secondary N) is 1. The standard InChI is InChI=1S/C18H23NO2/c1-13(16-9-6-10-17(20)12-16)19-14(2)18(21)11-15-7-4-3-5-8-15/h3-10,12-14,18-21H,11H2,1-2H3. The fourth-order valence-corrected chi connectivity index (χ4v) is 2.43. The minimum Gasteiger partial charge on any atom is -0.508 e. The van der Waals surface area contributed by atoms with E-state index in [0.717, 1.165) is 11.1 Å². The van der Waals surface area contributed by atoms with Gasteiger partial charge in [0.15, 0.2) is 0 Å². The van der Waals surface area contributed by atoms with E-state index < -0.39 is 6.10 Å². The number of hydrogen-bond donors (Lipinski definition) is 3. The average Bonchev–Trinajstić information content (AvgIpc) is 2.48. The van der Waals surface area contributed by atoms with Crippen LogP contribution in [-0.4, -0.2) is 22.4 Å². The van der Waals surface area contributed by atoms with E-state index in [1.807, 2.05) is 56.3 Å². The third kappa shape index (κ3) is 4.59. The van der Waals surface area contributed by atoms with Gasteiger partial charge in [-0.15, -0.1) is 0 Å². The molecule has 2 aromatic carbocycles. The van der Waals surface area contributed by atoms with E-state index in [1.54, 1.807) is 12.1 Å². The van der Waals surface area contributed by atoms with Crippen LogP contribution in [0.15, 0.2) is 54.6 Å². The second-order valence-electron chi connectivity index (χ2n) is 5.53. The number of hydrogen-bond acceptors (Lipinski definition) is 3. The minimum absolute atomic E-state index is 0.0393. The second-order valence-corrected chi connectivity index (χ2v) is 5.53. The van der Waals surface area contributed by atoms with E-state index in [0.29, 0.717) is 6.42 Å². The Bertz CT molecular complexity index is 556. The predicted octanol–water partition coefficient (Wildman–Crippen LogP) is 3.03. The van der Waals surface area contributed by atoms with E-state index in [4.69, 9.17) is 0 Å². The van der Waals surface area contributed by atoms with Crippen molar-refractivity contribution in [1.29, 1.82) is 0 Å². The molecule has 3 nitrogen and oxygen atoms in total. The van der Waals surface area contributed by atoms with Gasteiger partial charge in [-0.25, -0.2) is 0 Å². The Balaban J connectivity index is 1.92. The summed E-state index contributed by atoms with van der Waals surface area (Å²) < 4.78 is 0. The van der Waals surface area contributed by atoms with E-state index in [9.17, 15) is 10.2 Å². The van der Waals surface area contributed by atoms with Crippen LogP contribution in [0, 0.1) is 0 Å². The molecule has 0 amide bonds. The average molecular weight is 285 g/mol. The molecule has 21 heavy (non-hydrogen) atoms. The molecular formula is C18H23NO2. The van der Waals surface area contributed by atoms with Crippen LogP contribution in [-0.2, 0) is 6.42 Å². The van der Waals surface area contributed by atoms with E-state index in [1.165, 1.54) is 0 Å². The van der Waals surface area contributed by atoms with Gasteiger partial charge in [-0.05, 0) is 43.5 Å². The van der Waals surface area contributed by atoms with Crippen LogP contribution in [0.4, 0.5) is 0 Å². The van der Waals surface area contributed by atoms with Gasteiger partial charge in [-0.1, -0.05) is 42.5 Å². The molecule has 0 saturated heterocycles. The maximum absolute atomic E-state index is 10.3. The molecule has 0 fully saturated rings. The second kappa shape index (κ2) is 7.25. The van der Waals surface area contributed by atoms with Crippen molar-refractivity contribution in [1.82, 2.24) is 5.32 Å². The Labute approximate surface area is 126 Å². The van der Waals surface area contributed by atoms with Crippen LogP contribution in [0.25, 0.3) is 0 Å². The number of aliphatic hydroxyl groups is 1. The van der Waals surface area contributed by atoms with Gasteiger partial charge >= 0.3 is 0 Å². The van der Waals surface area contributed by atoms with Crippen LogP contribution in [0.1, 0.15) is 31.0 Å². The molecule has 2 rings (SSSR count). The summed E-state index contributed by atoms with van der Waals surface area (Å²) in [7, 11) is 0. The Kier molecular flexibility index (Phi) is 5.37. The number of phenolic OH excluding ortho intramolecular Hbond substituents is 1. The highest BCUT2D eigenvalue weighted by molar-refractivity contribution is 5.29. The van der Waals surface area contributed by atoms with Crippen LogP contribution >= 0.6 is 0 Å². The van der Waals surface area contributed by atoms with Gasteiger partial charge in [0.05, 0.1) is 6.10 Å². The van der Waals surface area contributed by atoms with E-state index in [2.05, 4.69) is 5.32 Å². The van der Waals surface area contributed by atoms with Crippen molar-refractivity contribution in [3.05, 3.63) is 65.7 Å². The summed E-state index contributed by atoms with van der Waals surface area (Å²) in [5, 5.41) is 23.2. The molecule has 3 heteroatoms. The maximum atomic E-state index is 10.3. The first kappa shape index (κ1) is 15.5. The molecule has 0 aliphatic rings. The van der Waals surface area contributed by atoms with Crippen molar-refractivity contribution in [2.45, 2.75) is 38.5 Å². The number of aromatic hydroxyl groups is 1. The lowest BCUT2D eigenvalue weighted by molar-refractivity contribution is 0.129. The lowest BCUT2D eigenvalue weighted by Gasteiger charge is -2.25. The van der Waals surface area contributed by atoms with Crippen molar-refractivity contribution < 1.29 is 10.2 Å². The molecule has 0 aliphatic carbocycles. The SMILES string of the molecule is CC(NC(C)C(O)Cc1ccccc1)c1cccc(O)c1. The quantitative estimate of drug-likeness (QED) is 0.764. The molecule has 3 unspecified atom stereocenters. The highest BCUT2D eigenvalue weighted by Crippen LogP contribution is 2.19. The number of aliphatic hydroxyl groups excluding tert-OH is 1. The molecule has 0 spiro atoms. The Morgan fingerprint density at radius 2 is 1.71 bits per heavy atom. The molecule has 0 heterocycles. The van der Waals surface area contributed by atoms with Gasteiger partial charge in [-0.3, -0.25) is 0 Å². The van der Waals surface area contributed by atoms with Crippen molar-refractivity contribution in [3.8, 4) is 5.75 Å². The molecular weight excluding hydrogens is 262 g/mol. The molecule has 0 radical (unpaired) electrons. The van der Waals surface area contributed by atoms with Crippen LogP contribution in [0.3, 0.4) is 0 Å². The topological polar surface area (TPSA) is 52.5 Å². The summed E-state index contributed by atoms with van der Waals surface area (Å²) in [5.41, 5.74) is 2.14. The van der Waals surface area contributed by atoms with Gasteiger partial charge in [0, 0.05) is 12.1 Å². The molecule has 0 aromatic heterocycles. The Hall–Kier alpha value is -1.84. The fraction of sp³-hybridized carbons (Fsp3) is 0.333. The van der Waals surface area contributed by atoms with Crippen molar-refractivity contribution in [3.63, 3.8) is 0 Å². The smallest absolute Gasteiger partial charge is 0.115 e. The number of benzene rings is 2. The summed E-state index contributed by atoms with van der Waals surface area (Å²) in [6.07, 6.45) is 0.175. The first-order valence-electron chi connectivity index (χ1n) is 7.33. The summed E-state index contributed by atoms with van der Waals surface area (Å²) in [6, 6.07) is 17.2. The highest BCUT2D eigenvalue weighted by atomic mass is 16.3. The Morgan fingerprint density at radius 3 is 2.38 bits per heavy atom. The highest BCUT2D eigenvalue weighted by Gasteiger charge is 2.17. The summed E-state index contributed by atoms with van der Waals surface area (Å²) in [6.45, 7) is 4.01. The lowest BCUT2D eigenvalue weighted by atomic mass is 10.0. The molecule has 3 N–H and O–H groups in total. The van der Waals surface area contributed by atoms with Crippen molar-refractivity contribution in [2.75, 3.05) is 0 Å². The Morgan fingerprint density at radius 1 is 1.00 bits per heavy atom. The number of rotatable bonds is 6. The fourth-order valence-electron chi connectivity index (χ4n) is 2.43. The zero-order valence-electron chi connectivity index (χ0n) is 12.5. The zero-order chi connectivity index (χ0) is 15.2. The zero-order valence-corrected chi connectivity index (χ0v) is 12.5. The first-order valence-corrected chi connectivity index (χ1v) is 7.33.